The quantitative estimate of drug-likeness (QED) is 0.844. The van der Waals surface area contributed by atoms with E-state index in [1.807, 2.05) is 45.0 Å². The number of ether oxygens (including phenoxy) is 1. The van der Waals surface area contributed by atoms with Crippen molar-refractivity contribution in [3.05, 3.63) is 24.3 Å². The van der Waals surface area contributed by atoms with Crippen LogP contribution >= 0.6 is 0 Å². The normalized spacial score (nSPS) is 14.0. The van der Waals surface area contributed by atoms with E-state index in [9.17, 15) is 5.26 Å². The molecule has 0 saturated heterocycles. The number of para-hydroxylation sites is 2. The van der Waals surface area contributed by atoms with Gasteiger partial charge in [0.2, 0.25) is 0 Å². The Morgan fingerprint density at radius 1 is 1.38 bits per heavy atom. The van der Waals surface area contributed by atoms with Gasteiger partial charge in [-0.3, -0.25) is 0 Å². The summed E-state index contributed by atoms with van der Waals surface area (Å²) in [5.74, 6) is 0.965. The SMILES string of the molecule is COc1ccccc1NC(C)(C#N)C(C)C. The van der Waals surface area contributed by atoms with E-state index in [1.54, 1.807) is 7.11 Å². The molecule has 3 nitrogen and oxygen atoms in total. The van der Waals surface area contributed by atoms with Gasteiger partial charge in [0.05, 0.1) is 18.9 Å². The Morgan fingerprint density at radius 3 is 2.50 bits per heavy atom. The second-order valence-electron chi connectivity index (χ2n) is 4.29. The molecule has 0 bridgehead atoms. The van der Waals surface area contributed by atoms with Crippen LogP contribution in [0.15, 0.2) is 24.3 Å². The van der Waals surface area contributed by atoms with Crippen LogP contribution in [0.5, 0.6) is 5.75 Å². The highest BCUT2D eigenvalue weighted by Gasteiger charge is 2.28. The number of hydrogen-bond acceptors (Lipinski definition) is 3. The number of nitriles is 1. The average molecular weight is 218 g/mol. The topological polar surface area (TPSA) is 45.0 Å². The summed E-state index contributed by atoms with van der Waals surface area (Å²) in [4.78, 5) is 0. The molecule has 0 fully saturated rings. The summed E-state index contributed by atoms with van der Waals surface area (Å²) in [6.45, 7) is 5.93. The van der Waals surface area contributed by atoms with Gasteiger partial charge in [-0.25, -0.2) is 0 Å². The maximum absolute atomic E-state index is 9.23. The zero-order valence-electron chi connectivity index (χ0n) is 10.2. The summed E-state index contributed by atoms with van der Waals surface area (Å²) >= 11 is 0. The van der Waals surface area contributed by atoms with Crippen molar-refractivity contribution in [3.8, 4) is 11.8 Å². The molecule has 0 aliphatic carbocycles. The molecule has 86 valence electrons. The van der Waals surface area contributed by atoms with Gasteiger partial charge in [-0.05, 0) is 25.0 Å². The van der Waals surface area contributed by atoms with Crippen LogP contribution in [0, 0.1) is 17.2 Å². The van der Waals surface area contributed by atoms with Crippen molar-refractivity contribution in [1.82, 2.24) is 0 Å². The molecule has 1 unspecified atom stereocenters. The number of rotatable bonds is 4. The first-order valence-corrected chi connectivity index (χ1v) is 5.36. The Balaban J connectivity index is 3.00. The van der Waals surface area contributed by atoms with Gasteiger partial charge in [-0.1, -0.05) is 26.0 Å². The monoisotopic (exact) mass is 218 g/mol. The molecule has 1 N–H and O–H groups in total. The maximum Gasteiger partial charge on any atom is 0.141 e. The second-order valence-corrected chi connectivity index (χ2v) is 4.29. The summed E-state index contributed by atoms with van der Waals surface area (Å²) in [6.07, 6.45) is 0. The number of nitrogens with one attached hydrogen (secondary N) is 1. The van der Waals surface area contributed by atoms with Crippen molar-refractivity contribution in [2.24, 2.45) is 5.92 Å². The van der Waals surface area contributed by atoms with E-state index in [-0.39, 0.29) is 5.92 Å². The van der Waals surface area contributed by atoms with Crippen LogP contribution in [0.1, 0.15) is 20.8 Å². The molecule has 0 radical (unpaired) electrons. The molecule has 1 aromatic rings. The van der Waals surface area contributed by atoms with Gasteiger partial charge in [-0.15, -0.1) is 0 Å². The molecule has 1 atom stereocenters. The largest absolute Gasteiger partial charge is 0.495 e. The molecule has 0 heterocycles. The van der Waals surface area contributed by atoms with Gasteiger partial charge in [0, 0.05) is 0 Å². The zero-order chi connectivity index (χ0) is 12.2. The van der Waals surface area contributed by atoms with Crippen molar-refractivity contribution >= 4 is 5.69 Å². The van der Waals surface area contributed by atoms with Gasteiger partial charge in [0.15, 0.2) is 0 Å². The third-order valence-electron chi connectivity index (χ3n) is 2.89. The van der Waals surface area contributed by atoms with E-state index >= 15 is 0 Å². The summed E-state index contributed by atoms with van der Waals surface area (Å²) < 4.78 is 5.24. The Hall–Kier alpha value is -1.69. The van der Waals surface area contributed by atoms with Crippen LogP contribution in [0.2, 0.25) is 0 Å². The second kappa shape index (κ2) is 4.89. The first-order valence-electron chi connectivity index (χ1n) is 5.36. The Morgan fingerprint density at radius 2 is 2.00 bits per heavy atom. The molecule has 16 heavy (non-hydrogen) atoms. The Kier molecular flexibility index (Phi) is 3.78. The summed E-state index contributed by atoms with van der Waals surface area (Å²) in [5, 5.41) is 12.5. The highest BCUT2D eigenvalue weighted by Crippen LogP contribution is 2.29. The zero-order valence-corrected chi connectivity index (χ0v) is 10.2. The molecular weight excluding hydrogens is 200 g/mol. The molecule has 1 rings (SSSR count). The molecular formula is C13H18N2O. The van der Waals surface area contributed by atoms with Crippen molar-refractivity contribution in [1.29, 1.82) is 5.26 Å². The minimum Gasteiger partial charge on any atom is -0.495 e. The number of benzene rings is 1. The molecule has 0 amide bonds. The van der Waals surface area contributed by atoms with Crippen LogP contribution < -0.4 is 10.1 Å². The van der Waals surface area contributed by atoms with Gasteiger partial charge in [0.1, 0.15) is 11.3 Å². The molecule has 0 saturated carbocycles. The average Bonchev–Trinajstić information content (AvgIpc) is 2.29. The van der Waals surface area contributed by atoms with Gasteiger partial charge < -0.3 is 10.1 Å². The van der Waals surface area contributed by atoms with E-state index in [0.29, 0.717) is 0 Å². The fraction of sp³-hybridized carbons (Fsp3) is 0.462. The Bertz CT molecular complexity index is 395. The third kappa shape index (κ3) is 2.46. The minimum absolute atomic E-state index is 0.211. The van der Waals surface area contributed by atoms with E-state index in [1.165, 1.54) is 0 Å². The van der Waals surface area contributed by atoms with Crippen molar-refractivity contribution in [3.63, 3.8) is 0 Å². The smallest absolute Gasteiger partial charge is 0.141 e. The number of methoxy groups -OCH3 is 1. The van der Waals surface area contributed by atoms with Gasteiger partial charge >= 0.3 is 0 Å². The van der Waals surface area contributed by atoms with E-state index in [4.69, 9.17) is 4.74 Å². The predicted molar refractivity (Wildman–Crippen MR) is 65.5 cm³/mol. The molecule has 1 aromatic carbocycles. The van der Waals surface area contributed by atoms with Crippen LogP contribution in [0.4, 0.5) is 5.69 Å². The lowest BCUT2D eigenvalue weighted by molar-refractivity contribution is 0.411. The summed E-state index contributed by atoms with van der Waals surface area (Å²) in [5.41, 5.74) is 0.261. The predicted octanol–water partition coefficient (Wildman–Crippen LogP) is 3.05. The molecule has 0 aromatic heterocycles. The Labute approximate surface area is 97.0 Å². The third-order valence-corrected chi connectivity index (χ3v) is 2.89. The molecule has 0 aliphatic rings. The van der Waals surface area contributed by atoms with Crippen molar-refractivity contribution in [2.45, 2.75) is 26.3 Å². The van der Waals surface area contributed by atoms with Crippen LogP contribution in [0.3, 0.4) is 0 Å². The van der Waals surface area contributed by atoms with Crippen molar-refractivity contribution in [2.75, 3.05) is 12.4 Å². The van der Waals surface area contributed by atoms with Crippen LogP contribution in [-0.4, -0.2) is 12.6 Å². The standard InChI is InChI=1S/C13H18N2O/c1-10(2)13(3,9-14)15-11-7-5-6-8-12(11)16-4/h5-8,10,15H,1-4H3. The van der Waals surface area contributed by atoms with E-state index in [2.05, 4.69) is 11.4 Å². The lowest BCUT2D eigenvalue weighted by atomic mass is 9.90. The van der Waals surface area contributed by atoms with Crippen molar-refractivity contribution < 1.29 is 4.74 Å². The lowest BCUT2D eigenvalue weighted by Crippen LogP contribution is -2.38. The van der Waals surface area contributed by atoms with Gasteiger partial charge in [0.25, 0.3) is 0 Å². The fourth-order valence-electron chi connectivity index (χ4n) is 1.33. The summed E-state index contributed by atoms with van der Waals surface area (Å²) in [6, 6.07) is 9.93. The van der Waals surface area contributed by atoms with E-state index in [0.717, 1.165) is 11.4 Å². The maximum atomic E-state index is 9.23. The van der Waals surface area contributed by atoms with Crippen LogP contribution in [-0.2, 0) is 0 Å². The highest BCUT2D eigenvalue weighted by molar-refractivity contribution is 5.58. The first-order chi connectivity index (χ1) is 7.53. The summed E-state index contributed by atoms with van der Waals surface area (Å²) in [7, 11) is 1.62. The molecule has 0 aliphatic heterocycles. The fourth-order valence-corrected chi connectivity index (χ4v) is 1.33. The number of nitrogens with zero attached hydrogens (tertiary/aromatic N) is 1. The molecule has 0 spiro atoms. The molecule has 3 heteroatoms. The number of anilines is 1. The van der Waals surface area contributed by atoms with E-state index < -0.39 is 5.54 Å². The van der Waals surface area contributed by atoms with Crippen LogP contribution in [0.25, 0.3) is 0 Å². The van der Waals surface area contributed by atoms with Gasteiger partial charge in [-0.2, -0.15) is 5.26 Å². The highest BCUT2D eigenvalue weighted by atomic mass is 16.5. The number of hydrogen-bond donors (Lipinski definition) is 1. The minimum atomic E-state index is -0.589. The lowest BCUT2D eigenvalue weighted by Gasteiger charge is -2.29. The first kappa shape index (κ1) is 12.4.